The Kier molecular flexibility index (Phi) is 3.37. The molecule has 2 aromatic carbocycles. The molecular formula is C17H18ClN3O. The van der Waals surface area contributed by atoms with Crippen LogP contribution in [0, 0.1) is 6.92 Å². The number of rotatable bonds is 1. The third-order valence-corrected chi connectivity index (χ3v) is 3.94. The maximum atomic E-state index is 10.4. The van der Waals surface area contributed by atoms with Gasteiger partial charge in [0.15, 0.2) is 0 Å². The molecule has 0 aliphatic heterocycles. The van der Waals surface area contributed by atoms with Crippen molar-refractivity contribution in [1.82, 2.24) is 15.0 Å². The topological polar surface area (TPSA) is 50.9 Å². The van der Waals surface area contributed by atoms with Crippen LogP contribution < -0.4 is 0 Å². The lowest BCUT2D eigenvalue weighted by Gasteiger charge is -2.21. The number of benzene rings is 2. The van der Waals surface area contributed by atoms with Crippen LogP contribution in [0.2, 0.25) is 5.02 Å². The number of aromatic nitrogens is 3. The van der Waals surface area contributed by atoms with Crippen molar-refractivity contribution in [2.45, 2.75) is 33.1 Å². The minimum atomic E-state index is -0.0247. The molecule has 0 aliphatic carbocycles. The highest BCUT2D eigenvalue weighted by molar-refractivity contribution is 6.31. The number of fused-ring (bicyclic) bond motifs is 1. The van der Waals surface area contributed by atoms with Crippen LogP contribution in [0.5, 0.6) is 5.75 Å². The SMILES string of the molecule is Cc1cc(C(C)(C)C)cc(-n2nc3ccc(Cl)cc3n2)c1O. The Labute approximate surface area is 134 Å². The van der Waals surface area contributed by atoms with Crippen LogP contribution in [-0.4, -0.2) is 20.1 Å². The van der Waals surface area contributed by atoms with Gasteiger partial charge in [0.25, 0.3) is 0 Å². The summed E-state index contributed by atoms with van der Waals surface area (Å²) in [6, 6.07) is 9.29. The molecule has 0 radical (unpaired) electrons. The first-order chi connectivity index (χ1) is 10.3. The zero-order valence-electron chi connectivity index (χ0n) is 13.1. The van der Waals surface area contributed by atoms with Gasteiger partial charge in [-0.2, -0.15) is 0 Å². The highest BCUT2D eigenvalue weighted by atomic mass is 35.5. The van der Waals surface area contributed by atoms with Crippen molar-refractivity contribution in [2.75, 3.05) is 0 Å². The maximum absolute atomic E-state index is 10.4. The summed E-state index contributed by atoms with van der Waals surface area (Å²) in [7, 11) is 0. The fraction of sp³-hybridized carbons (Fsp3) is 0.294. The minimum Gasteiger partial charge on any atom is -0.505 e. The number of aromatic hydroxyl groups is 1. The van der Waals surface area contributed by atoms with E-state index in [1.807, 2.05) is 25.1 Å². The first-order valence-electron chi connectivity index (χ1n) is 7.13. The van der Waals surface area contributed by atoms with Gasteiger partial charge in [0.1, 0.15) is 22.5 Å². The van der Waals surface area contributed by atoms with E-state index < -0.39 is 0 Å². The number of phenolic OH excluding ortho intramolecular Hbond substituents is 1. The molecule has 1 N–H and O–H groups in total. The minimum absolute atomic E-state index is 0.0247. The quantitative estimate of drug-likeness (QED) is 0.724. The predicted molar refractivity (Wildman–Crippen MR) is 89.0 cm³/mol. The molecule has 0 amide bonds. The van der Waals surface area contributed by atoms with Gasteiger partial charge in [0, 0.05) is 5.02 Å². The van der Waals surface area contributed by atoms with Crippen LogP contribution in [-0.2, 0) is 5.41 Å². The van der Waals surface area contributed by atoms with E-state index in [0.29, 0.717) is 16.2 Å². The van der Waals surface area contributed by atoms with Crippen LogP contribution in [0.4, 0.5) is 0 Å². The summed E-state index contributed by atoms with van der Waals surface area (Å²) in [6.45, 7) is 8.29. The van der Waals surface area contributed by atoms with Gasteiger partial charge >= 0.3 is 0 Å². The summed E-state index contributed by atoms with van der Waals surface area (Å²) in [5.74, 6) is 0.194. The molecule has 3 rings (SSSR count). The summed E-state index contributed by atoms with van der Waals surface area (Å²) in [5, 5.41) is 19.9. The molecule has 114 valence electrons. The monoisotopic (exact) mass is 315 g/mol. The molecule has 1 heterocycles. The summed E-state index contributed by atoms with van der Waals surface area (Å²) in [6.07, 6.45) is 0. The third kappa shape index (κ3) is 2.55. The van der Waals surface area contributed by atoms with Crippen LogP contribution >= 0.6 is 11.6 Å². The first kappa shape index (κ1) is 14.9. The summed E-state index contributed by atoms with van der Waals surface area (Å²) >= 11 is 5.99. The van der Waals surface area contributed by atoms with Crippen LogP contribution in [0.15, 0.2) is 30.3 Å². The Morgan fingerprint density at radius 3 is 2.41 bits per heavy atom. The van der Waals surface area contributed by atoms with E-state index in [2.05, 4.69) is 31.0 Å². The Bertz CT molecular complexity index is 862. The molecule has 22 heavy (non-hydrogen) atoms. The molecule has 0 saturated heterocycles. The molecule has 5 heteroatoms. The molecular weight excluding hydrogens is 298 g/mol. The van der Waals surface area contributed by atoms with E-state index in [1.54, 1.807) is 12.1 Å². The number of halogens is 1. The van der Waals surface area contributed by atoms with E-state index in [1.165, 1.54) is 4.80 Å². The van der Waals surface area contributed by atoms with Gasteiger partial charge in [-0.15, -0.1) is 15.0 Å². The number of hydrogen-bond acceptors (Lipinski definition) is 3. The van der Waals surface area contributed by atoms with Gasteiger partial charge in [-0.05, 0) is 47.7 Å². The zero-order valence-corrected chi connectivity index (χ0v) is 13.8. The molecule has 0 unspecified atom stereocenters. The number of hydrogen-bond donors (Lipinski definition) is 1. The van der Waals surface area contributed by atoms with Gasteiger partial charge in [0.05, 0.1) is 0 Å². The number of aryl methyl sites for hydroxylation is 1. The largest absolute Gasteiger partial charge is 0.505 e. The Balaban J connectivity index is 2.23. The molecule has 0 bridgehead atoms. The highest BCUT2D eigenvalue weighted by Crippen LogP contribution is 2.32. The van der Waals surface area contributed by atoms with Gasteiger partial charge in [0.2, 0.25) is 0 Å². The van der Waals surface area contributed by atoms with E-state index in [9.17, 15) is 5.11 Å². The second kappa shape index (κ2) is 4.99. The van der Waals surface area contributed by atoms with E-state index >= 15 is 0 Å². The second-order valence-corrected chi connectivity index (χ2v) is 6.97. The average molecular weight is 316 g/mol. The normalized spacial score (nSPS) is 12.0. The van der Waals surface area contributed by atoms with Crippen molar-refractivity contribution >= 4 is 22.6 Å². The Morgan fingerprint density at radius 1 is 1.05 bits per heavy atom. The van der Waals surface area contributed by atoms with Crippen molar-refractivity contribution in [3.8, 4) is 11.4 Å². The molecule has 0 atom stereocenters. The lowest BCUT2D eigenvalue weighted by Crippen LogP contribution is -2.13. The molecule has 4 nitrogen and oxygen atoms in total. The summed E-state index contributed by atoms with van der Waals surface area (Å²) < 4.78 is 0. The predicted octanol–water partition coefficient (Wildman–Crippen LogP) is 4.39. The van der Waals surface area contributed by atoms with E-state index in [0.717, 1.165) is 16.6 Å². The Morgan fingerprint density at radius 2 is 1.73 bits per heavy atom. The molecule has 0 saturated carbocycles. The summed E-state index contributed by atoms with van der Waals surface area (Å²) in [5.41, 5.74) is 3.92. The maximum Gasteiger partial charge on any atom is 0.146 e. The number of phenols is 1. The zero-order chi connectivity index (χ0) is 16.1. The molecule has 0 spiro atoms. The first-order valence-corrected chi connectivity index (χ1v) is 7.50. The standard InChI is InChI=1S/C17H18ClN3O/c1-10-7-11(17(2,3)4)8-15(16(10)22)21-19-13-6-5-12(18)9-14(13)20-21/h5-9,22H,1-4H3. The van der Waals surface area contributed by atoms with Crippen molar-refractivity contribution in [3.05, 3.63) is 46.5 Å². The van der Waals surface area contributed by atoms with Crippen molar-refractivity contribution in [1.29, 1.82) is 0 Å². The van der Waals surface area contributed by atoms with Crippen molar-refractivity contribution in [2.24, 2.45) is 0 Å². The Hall–Kier alpha value is -2.07. The summed E-state index contributed by atoms with van der Waals surface area (Å²) in [4.78, 5) is 1.47. The fourth-order valence-corrected chi connectivity index (χ4v) is 2.51. The number of nitrogens with zero attached hydrogens (tertiary/aromatic N) is 3. The lowest BCUT2D eigenvalue weighted by molar-refractivity contribution is 0.462. The molecule has 0 fully saturated rings. The second-order valence-electron chi connectivity index (χ2n) is 6.53. The van der Waals surface area contributed by atoms with Crippen LogP contribution in [0.3, 0.4) is 0 Å². The third-order valence-electron chi connectivity index (χ3n) is 3.70. The van der Waals surface area contributed by atoms with Gasteiger partial charge < -0.3 is 5.11 Å². The van der Waals surface area contributed by atoms with E-state index in [-0.39, 0.29) is 11.2 Å². The van der Waals surface area contributed by atoms with Gasteiger partial charge in [-0.3, -0.25) is 0 Å². The van der Waals surface area contributed by atoms with Crippen molar-refractivity contribution in [3.63, 3.8) is 0 Å². The molecule has 1 aromatic heterocycles. The average Bonchev–Trinajstić information content (AvgIpc) is 2.83. The van der Waals surface area contributed by atoms with E-state index in [4.69, 9.17) is 11.6 Å². The smallest absolute Gasteiger partial charge is 0.146 e. The fourth-order valence-electron chi connectivity index (χ4n) is 2.34. The highest BCUT2D eigenvalue weighted by Gasteiger charge is 2.19. The lowest BCUT2D eigenvalue weighted by atomic mass is 9.85. The molecule has 3 aromatic rings. The molecule has 0 aliphatic rings. The van der Waals surface area contributed by atoms with Crippen LogP contribution in [0.25, 0.3) is 16.7 Å². The van der Waals surface area contributed by atoms with Gasteiger partial charge in [-0.25, -0.2) is 0 Å². The van der Waals surface area contributed by atoms with Crippen LogP contribution in [0.1, 0.15) is 31.9 Å². The van der Waals surface area contributed by atoms with Crippen molar-refractivity contribution < 1.29 is 5.11 Å². The van der Waals surface area contributed by atoms with Gasteiger partial charge in [-0.1, -0.05) is 38.4 Å².